The third-order valence-electron chi connectivity index (χ3n) is 3.78. The predicted molar refractivity (Wildman–Crippen MR) is 77.0 cm³/mol. The van der Waals surface area contributed by atoms with E-state index >= 15 is 0 Å². The lowest BCUT2D eigenvalue weighted by molar-refractivity contribution is 0.178. The smallest absolute Gasteiger partial charge is 0.134 e. The third-order valence-corrected chi connectivity index (χ3v) is 3.78. The fourth-order valence-electron chi connectivity index (χ4n) is 2.56. The highest BCUT2D eigenvalue weighted by Crippen LogP contribution is 2.26. The van der Waals surface area contributed by atoms with Crippen LogP contribution in [0.5, 0.6) is 0 Å². The van der Waals surface area contributed by atoms with Crippen molar-refractivity contribution in [2.24, 2.45) is 5.92 Å². The number of hydrogen-bond donors (Lipinski definition) is 3. The second-order valence-electron chi connectivity index (χ2n) is 5.46. The molecule has 4 N–H and O–H groups in total. The van der Waals surface area contributed by atoms with Crippen LogP contribution < -0.4 is 11.1 Å². The van der Waals surface area contributed by atoms with Crippen LogP contribution >= 0.6 is 0 Å². The Morgan fingerprint density at radius 1 is 1.37 bits per heavy atom. The van der Waals surface area contributed by atoms with E-state index in [4.69, 9.17) is 5.73 Å². The van der Waals surface area contributed by atoms with Crippen molar-refractivity contribution >= 4 is 11.6 Å². The molecule has 1 aliphatic carbocycles. The summed E-state index contributed by atoms with van der Waals surface area (Å²) in [4.78, 5) is 8.84. The molecule has 2 rings (SSSR count). The maximum absolute atomic E-state index is 9.54. The molecule has 2 unspecified atom stereocenters. The van der Waals surface area contributed by atoms with Crippen LogP contribution in [0.1, 0.15) is 44.0 Å². The number of nitrogens with one attached hydrogen (secondary N) is 1. The van der Waals surface area contributed by atoms with E-state index in [1.807, 2.05) is 6.92 Å². The van der Waals surface area contributed by atoms with Crippen molar-refractivity contribution in [3.8, 4) is 0 Å². The highest BCUT2D eigenvalue weighted by atomic mass is 16.3. The number of aromatic nitrogens is 2. The molecule has 19 heavy (non-hydrogen) atoms. The predicted octanol–water partition coefficient (Wildman–Crippen LogP) is 1.89. The summed E-state index contributed by atoms with van der Waals surface area (Å²) in [6.07, 6.45) is 4.61. The van der Waals surface area contributed by atoms with Gasteiger partial charge in [-0.25, -0.2) is 9.97 Å². The molecule has 5 heteroatoms. The minimum absolute atomic E-state index is 0.126. The topological polar surface area (TPSA) is 84.1 Å². The molecule has 0 spiro atoms. The van der Waals surface area contributed by atoms with E-state index in [1.54, 1.807) is 0 Å². The molecule has 0 amide bonds. The molecule has 0 aliphatic heterocycles. The van der Waals surface area contributed by atoms with Crippen LogP contribution in [0.2, 0.25) is 0 Å². The monoisotopic (exact) mass is 264 g/mol. The summed E-state index contributed by atoms with van der Waals surface area (Å²) < 4.78 is 0. The van der Waals surface area contributed by atoms with E-state index in [0.717, 1.165) is 55.9 Å². The minimum atomic E-state index is -0.126. The number of nitrogens with two attached hydrogens (primary N) is 1. The van der Waals surface area contributed by atoms with E-state index in [2.05, 4.69) is 22.2 Å². The van der Waals surface area contributed by atoms with Gasteiger partial charge in [-0.2, -0.15) is 0 Å². The van der Waals surface area contributed by atoms with E-state index in [9.17, 15) is 5.11 Å². The summed E-state index contributed by atoms with van der Waals surface area (Å²) in [6.45, 7) is 4.89. The molecule has 0 aromatic carbocycles. The van der Waals surface area contributed by atoms with Gasteiger partial charge < -0.3 is 16.2 Å². The maximum Gasteiger partial charge on any atom is 0.134 e. The molecule has 1 saturated carbocycles. The maximum atomic E-state index is 9.54. The Morgan fingerprint density at radius 2 is 2.16 bits per heavy atom. The summed E-state index contributed by atoms with van der Waals surface area (Å²) >= 11 is 0. The molecule has 1 aliphatic rings. The van der Waals surface area contributed by atoms with Crippen molar-refractivity contribution in [3.05, 3.63) is 11.4 Å². The van der Waals surface area contributed by atoms with Gasteiger partial charge in [-0.3, -0.25) is 0 Å². The second kappa shape index (κ2) is 6.19. The highest BCUT2D eigenvalue weighted by Gasteiger charge is 2.22. The lowest BCUT2D eigenvalue weighted by atomic mass is 10.1. The summed E-state index contributed by atoms with van der Waals surface area (Å²) in [5.41, 5.74) is 6.84. The van der Waals surface area contributed by atoms with Gasteiger partial charge in [-0.1, -0.05) is 6.92 Å². The fourth-order valence-corrected chi connectivity index (χ4v) is 2.56. The van der Waals surface area contributed by atoms with Crippen LogP contribution in [-0.4, -0.2) is 27.7 Å². The second-order valence-corrected chi connectivity index (χ2v) is 5.46. The van der Waals surface area contributed by atoms with Gasteiger partial charge in [0.15, 0.2) is 0 Å². The number of nitrogen functional groups attached to an aromatic ring is 1. The largest absolute Gasteiger partial charge is 0.393 e. The van der Waals surface area contributed by atoms with Gasteiger partial charge in [-0.05, 0) is 38.5 Å². The number of hydrogen-bond acceptors (Lipinski definition) is 5. The Hall–Kier alpha value is -1.36. The van der Waals surface area contributed by atoms with Gasteiger partial charge in [0.1, 0.15) is 17.5 Å². The molecule has 2 atom stereocenters. The molecule has 1 fully saturated rings. The normalized spacial score (nSPS) is 22.7. The van der Waals surface area contributed by atoms with Gasteiger partial charge >= 0.3 is 0 Å². The molecular formula is C14H24N4O. The summed E-state index contributed by atoms with van der Waals surface area (Å²) in [5, 5.41) is 12.9. The molecule has 0 saturated heterocycles. The molecule has 106 valence electrons. The summed E-state index contributed by atoms with van der Waals surface area (Å²) in [7, 11) is 0. The van der Waals surface area contributed by atoms with Gasteiger partial charge in [0, 0.05) is 18.5 Å². The molecule has 0 radical (unpaired) electrons. The quantitative estimate of drug-likeness (QED) is 0.756. The SMILES string of the molecule is CCCc1nc(N)c(C)c(NCC2CCC(O)C2)n1. The first-order valence-electron chi connectivity index (χ1n) is 7.15. The van der Waals surface area contributed by atoms with Crippen molar-refractivity contribution in [2.45, 2.75) is 52.1 Å². The van der Waals surface area contributed by atoms with Crippen molar-refractivity contribution < 1.29 is 5.11 Å². The number of anilines is 2. The van der Waals surface area contributed by atoms with Gasteiger partial charge in [0.25, 0.3) is 0 Å². The average Bonchev–Trinajstić information content (AvgIpc) is 2.78. The van der Waals surface area contributed by atoms with Crippen molar-refractivity contribution in [1.29, 1.82) is 0 Å². The molecule has 5 nitrogen and oxygen atoms in total. The van der Waals surface area contributed by atoms with E-state index < -0.39 is 0 Å². The van der Waals surface area contributed by atoms with Crippen molar-refractivity contribution in [1.82, 2.24) is 9.97 Å². The first-order valence-corrected chi connectivity index (χ1v) is 7.15. The minimum Gasteiger partial charge on any atom is -0.393 e. The molecule has 1 aromatic rings. The Morgan fingerprint density at radius 3 is 2.79 bits per heavy atom. The average molecular weight is 264 g/mol. The fraction of sp³-hybridized carbons (Fsp3) is 0.714. The Kier molecular flexibility index (Phi) is 4.58. The summed E-state index contributed by atoms with van der Waals surface area (Å²) in [5.74, 6) is 2.74. The Balaban J connectivity index is 2.02. The first kappa shape index (κ1) is 14.1. The Bertz CT molecular complexity index is 436. The highest BCUT2D eigenvalue weighted by molar-refractivity contribution is 5.54. The van der Waals surface area contributed by atoms with Crippen LogP contribution in [0, 0.1) is 12.8 Å². The lowest BCUT2D eigenvalue weighted by Crippen LogP contribution is -2.16. The number of aliphatic hydroxyl groups excluding tert-OH is 1. The van der Waals surface area contributed by atoms with E-state index in [1.165, 1.54) is 0 Å². The number of rotatable bonds is 5. The number of aryl methyl sites for hydroxylation is 1. The Labute approximate surface area is 114 Å². The van der Waals surface area contributed by atoms with E-state index in [0.29, 0.717) is 11.7 Å². The van der Waals surface area contributed by atoms with Gasteiger partial charge in [0.05, 0.1) is 6.10 Å². The molecule has 1 heterocycles. The zero-order valence-electron chi connectivity index (χ0n) is 11.8. The van der Waals surface area contributed by atoms with Crippen LogP contribution in [0.15, 0.2) is 0 Å². The number of nitrogens with zero attached hydrogens (tertiary/aromatic N) is 2. The van der Waals surface area contributed by atoms with Gasteiger partial charge in [0.2, 0.25) is 0 Å². The van der Waals surface area contributed by atoms with Crippen molar-refractivity contribution in [3.63, 3.8) is 0 Å². The molecule has 1 aromatic heterocycles. The third kappa shape index (κ3) is 3.56. The van der Waals surface area contributed by atoms with Crippen LogP contribution in [-0.2, 0) is 6.42 Å². The number of aliphatic hydroxyl groups is 1. The molecule has 0 bridgehead atoms. The van der Waals surface area contributed by atoms with Gasteiger partial charge in [-0.15, -0.1) is 0 Å². The van der Waals surface area contributed by atoms with Crippen LogP contribution in [0.4, 0.5) is 11.6 Å². The zero-order valence-corrected chi connectivity index (χ0v) is 11.8. The molecular weight excluding hydrogens is 240 g/mol. The standard InChI is InChI=1S/C14H24N4O/c1-3-4-12-17-13(15)9(2)14(18-12)16-8-10-5-6-11(19)7-10/h10-11,19H,3-8H2,1-2H3,(H3,15,16,17,18). The van der Waals surface area contributed by atoms with Crippen LogP contribution in [0.25, 0.3) is 0 Å². The van der Waals surface area contributed by atoms with E-state index in [-0.39, 0.29) is 6.10 Å². The van der Waals surface area contributed by atoms with Crippen LogP contribution in [0.3, 0.4) is 0 Å². The van der Waals surface area contributed by atoms with Crippen molar-refractivity contribution in [2.75, 3.05) is 17.6 Å². The zero-order chi connectivity index (χ0) is 13.8. The first-order chi connectivity index (χ1) is 9.10. The lowest BCUT2D eigenvalue weighted by Gasteiger charge is -2.15. The summed E-state index contributed by atoms with van der Waals surface area (Å²) in [6, 6.07) is 0.